The van der Waals surface area contributed by atoms with Crippen molar-refractivity contribution in [1.29, 1.82) is 5.26 Å². The summed E-state index contributed by atoms with van der Waals surface area (Å²) in [6.45, 7) is 2.06. The number of aryl methyl sites for hydroxylation is 1. The van der Waals surface area contributed by atoms with Gasteiger partial charge >= 0.3 is 0 Å². The van der Waals surface area contributed by atoms with E-state index in [1.165, 1.54) is 23.1 Å². The predicted molar refractivity (Wildman–Crippen MR) is 140 cm³/mol. The molecule has 1 N–H and O–H groups in total. The predicted octanol–water partition coefficient (Wildman–Crippen LogP) is 5.92. The van der Waals surface area contributed by atoms with E-state index in [4.69, 9.17) is 4.74 Å². The van der Waals surface area contributed by atoms with Crippen LogP contribution >= 0.6 is 23.1 Å². The van der Waals surface area contributed by atoms with E-state index in [1.807, 2.05) is 52.2 Å². The lowest BCUT2D eigenvalue weighted by Crippen LogP contribution is -2.12. The van der Waals surface area contributed by atoms with Gasteiger partial charge in [0.2, 0.25) is 5.91 Å². The molecule has 0 fully saturated rings. The Bertz CT molecular complexity index is 1580. The molecule has 0 aliphatic rings. The van der Waals surface area contributed by atoms with Crippen molar-refractivity contribution < 1.29 is 9.53 Å². The van der Waals surface area contributed by atoms with Crippen LogP contribution in [-0.2, 0) is 4.79 Å². The fourth-order valence-corrected chi connectivity index (χ4v) is 5.76. The number of carbonyl (C=O) groups excluding carboxylic acids is 1. The minimum absolute atomic E-state index is 0.147. The number of nitrogens with one attached hydrogen (secondary N) is 1. The summed E-state index contributed by atoms with van der Waals surface area (Å²) in [6.07, 6.45) is 0.282. The molecule has 9 heteroatoms. The normalized spacial score (nSPS) is 11.0. The molecule has 0 unspecified atom stereocenters. The van der Waals surface area contributed by atoms with Crippen molar-refractivity contribution in [3.05, 3.63) is 71.1 Å². The number of pyridine rings is 1. The SMILES string of the molecule is COc1ccc(-c2csc(NC(=O)CCSc3nnc4cc(C)c5ccccc5n34)c2C#N)cc1. The maximum absolute atomic E-state index is 12.7. The van der Waals surface area contributed by atoms with Gasteiger partial charge in [0.1, 0.15) is 16.8 Å². The summed E-state index contributed by atoms with van der Waals surface area (Å²) < 4.78 is 7.23. The van der Waals surface area contributed by atoms with Crippen LogP contribution in [0.1, 0.15) is 17.5 Å². The number of thioether (sulfide) groups is 1. The van der Waals surface area contributed by atoms with Crippen LogP contribution in [0.3, 0.4) is 0 Å². The summed E-state index contributed by atoms with van der Waals surface area (Å²) in [5, 5.41) is 25.6. The molecule has 7 nitrogen and oxygen atoms in total. The van der Waals surface area contributed by atoms with Gasteiger partial charge < -0.3 is 10.1 Å². The van der Waals surface area contributed by atoms with Crippen LogP contribution in [0.25, 0.3) is 27.7 Å². The monoisotopic (exact) mass is 499 g/mol. The highest BCUT2D eigenvalue weighted by Gasteiger charge is 2.16. The summed E-state index contributed by atoms with van der Waals surface area (Å²) in [6, 6.07) is 19.9. The van der Waals surface area contributed by atoms with E-state index >= 15 is 0 Å². The largest absolute Gasteiger partial charge is 0.497 e. The van der Waals surface area contributed by atoms with Gasteiger partial charge in [-0.1, -0.05) is 42.1 Å². The number of methoxy groups -OCH3 is 1. The molecule has 3 aromatic heterocycles. The van der Waals surface area contributed by atoms with Crippen molar-refractivity contribution in [3.63, 3.8) is 0 Å². The Morgan fingerprint density at radius 1 is 1.20 bits per heavy atom. The first kappa shape index (κ1) is 22.9. The van der Waals surface area contributed by atoms with Crippen LogP contribution in [0.5, 0.6) is 5.75 Å². The fourth-order valence-electron chi connectivity index (χ4n) is 3.94. The van der Waals surface area contributed by atoms with Crippen molar-refractivity contribution in [3.8, 4) is 22.9 Å². The quantitative estimate of drug-likeness (QED) is 0.280. The number of para-hydroxylation sites is 1. The highest BCUT2D eigenvalue weighted by molar-refractivity contribution is 7.99. The average molecular weight is 500 g/mol. The molecule has 0 aliphatic heterocycles. The summed E-state index contributed by atoms with van der Waals surface area (Å²) in [5.41, 5.74) is 5.14. The summed E-state index contributed by atoms with van der Waals surface area (Å²) in [7, 11) is 1.61. The van der Waals surface area contributed by atoms with E-state index in [0.717, 1.165) is 44.1 Å². The van der Waals surface area contributed by atoms with Crippen molar-refractivity contribution >= 4 is 50.6 Å². The molecule has 2 aromatic carbocycles. The second-order valence-corrected chi connectivity index (χ2v) is 9.80. The second kappa shape index (κ2) is 9.78. The van der Waals surface area contributed by atoms with Crippen molar-refractivity contribution in [2.75, 3.05) is 18.2 Å². The van der Waals surface area contributed by atoms with Gasteiger partial charge in [-0.2, -0.15) is 5.26 Å². The lowest BCUT2D eigenvalue weighted by Gasteiger charge is -2.07. The number of carbonyl (C=O) groups is 1. The molecular weight excluding hydrogens is 478 g/mol. The van der Waals surface area contributed by atoms with Crippen molar-refractivity contribution in [2.45, 2.75) is 18.5 Å². The molecule has 3 heterocycles. The molecule has 0 saturated heterocycles. The number of nitriles is 1. The molecule has 5 rings (SSSR count). The number of hydrogen-bond acceptors (Lipinski definition) is 7. The van der Waals surface area contributed by atoms with Gasteiger partial charge in [0.05, 0.1) is 18.2 Å². The van der Waals surface area contributed by atoms with Gasteiger partial charge in [0, 0.05) is 28.5 Å². The molecule has 0 spiro atoms. The third-order valence-electron chi connectivity index (χ3n) is 5.69. The molecule has 0 atom stereocenters. The van der Waals surface area contributed by atoms with Gasteiger partial charge in [-0.05, 0) is 42.3 Å². The van der Waals surface area contributed by atoms with Gasteiger partial charge in [-0.15, -0.1) is 21.5 Å². The maximum Gasteiger partial charge on any atom is 0.225 e. The number of benzene rings is 2. The topological polar surface area (TPSA) is 92.3 Å². The Morgan fingerprint density at radius 2 is 2.00 bits per heavy atom. The van der Waals surface area contributed by atoms with Crippen molar-refractivity contribution in [1.82, 2.24) is 14.6 Å². The number of rotatable bonds is 7. The second-order valence-electron chi connectivity index (χ2n) is 7.86. The van der Waals surface area contributed by atoms with Crippen LogP contribution in [0, 0.1) is 18.3 Å². The van der Waals surface area contributed by atoms with E-state index in [0.29, 0.717) is 16.3 Å². The minimum atomic E-state index is -0.147. The highest BCUT2D eigenvalue weighted by atomic mass is 32.2. The van der Waals surface area contributed by atoms with Crippen LogP contribution < -0.4 is 10.1 Å². The highest BCUT2D eigenvalue weighted by Crippen LogP contribution is 2.36. The third kappa shape index (κ3) is 4.46. The number of ether oxygens (including phenoxy) is 1. The van der Waals surface area contributed by atoms with Crippen LogP contribution in [0.4, 0.5) is 5.00 Å². The fraction of sp³-hybridized carbons (Fsp3) is 0.154. The smallest absolute Gasteiger partial charge is 0.225 e. The zero-order valence-electron chi connectivity index (χ0n) is 19.1. The van der Waals surface area contributed by atoms with Crippen LogP contribution in [0.15, 0.2) is 65.1 Å². The van der Waals surface area contributed by atoms with E-state index in [2.05, 4.69) is 40.6 Å². The molecule has 0 saturated carbocycles. The minimum Gasteiger partial charge on any atom is -0.497 e. The first-order valence-electron chi connectivity index (χ1n) is 10.9. The first-order chi connectivity index (χ1) is 17.1. The molecule has 174 valence electrons. The Morgan fingerprint density at radius 3 is 2.77 bits per heavy atom. The Hall–Kier alpha value is -3.87. The molecule has 35 heavy (non-hydrogen) atoms. The molecule has 0 radical (unpaired) electrons. The Balaban J connectivity index is 1.27. The summed E-state index contributed by atoms with van der Waals surface area (Å²) >= 11 is 2.84. The summed E-state index contributed by atoms with van der Waals surface area (Å²) in [4.78, 5) is 12.7. The Kier molecular flexibility index (Phi) is 6.40. The standard InChI is InChI=1S/C26H21N5O2S2/c1-16-13-23-29-30-26(31(23)22-6-4-3-5-19(16)22)34-12-11-24(32)28-25-20(14-27)21(15-35-25)17-7-9-18(33-2)10-8-17/h3-10,13,15H,11-12H2,1-2H3,(H,28,32). The van der Waals surface area contributed by atoms with Crippen LogP contribution in [-0.4, -0.2) is 33.4 Å². The van der Waals surface area contributed by atoms with E-state index < -0.39 is 0 Å². The number of thiophene rings is 1. The number of hydrogen-bond donors (Lipinski definition) is 1. The van der Waals surface area contributed by atoms with Gasteiger partial charge in [0.25, 0.3) is 0 Å². The van der Waals surface area contributed by atoms with E-state index in [1.54, 1.807) is 7.11 Å². The molecule has 1 amide bonds. The lowest BCUT2D eigenvalue weighted by atomic mass is 10.0. The molecular formula is C26H21N5O2S2. The van der Waals surface area contributed by atoms with Crippen LogP contribution in [0.2, 0.25) is 0 Å². The van der Waals surface area contributed by atoms with E-state index in [-0.39, 0.29) is 12.3 Å². The van der Waals surface area contributed by atoms with E-state index in [9.17, 15) is 10.1 Å². The lowest BCUT2D eigenvalue weighted by molar-refractivity contribution is -0.115. The number of nitrogens with zero attached hydrogens (tertiary/aromatic N) is 4. The average Bonchev–Trinajstić information content (AvgIpc) is 3.48. The zero-order chi connectivity index (χ0) is 24.4. The first-order valence-corrected chi connectivity index (χ1v) is 12.8. The number of amides is 1. The zero-order valence-corrected chi connectivity index (χ0v) is 20.7. The maximum atomic E-state index is 12.7. The summed E-state index contributed by atoms with van der Waals surface area (Å²) in [5.74, 6) is 1.14. The third-order valence-corrected chi connectivity index (χ3v) is 7.52. The Labute approximate surface area is 210 Å². The van der Waals surface area contributed by atoms with Gasteiger partial charge in [0.15, 0.2) is 10.8 Å². The van der Waals surface area contributed by atoms with Crippen molar-refractivity contribution in [2.24, 2.45) is 0 Å². The van der Waals surface area contributed by atoms with Gasteiger partial charge in [-0.25, -0.2) is 0 Å². The molecule has 0 aliphatic carbocycles. The van der Waals surface area contributed by atoms with Gasteiger partial charge in [-0.3, -0.25) is 9.20 Å². The number of anilines is 1. The molecule has 5 aromatic rings. The molecule has 0 bridgehead atoms. The number of fused-ring (bicyclic) bond motifs is 3. The number of aromatic nitrogens is 3.